The molecule has 1 aromatic carbocycles. The average Bonchev–Trinajstić information content (AvgIpc) is 2.32. The van der Waals surface area contributed by atoms with Crippen molar-refractivity contribution in [2.24, 2.45) is 5.73 Å². The Kier molecular flexibility index (Phi) is 6.86. The molecule has 0 bridgehead atoms. The molecule has 1 atom stereocenters. The summed E-state index contributed by atoms with van der Waals surface area (Å²) < 4.78 is 0.916. The molecule has 1 unspecified atom stereocenters. The van der Waals surface area contributed by atoms with Crippen LogP contribution in [0, 0.1) is 0 Å². The van der Waals surface area contributed by atoms with Crippen molar-refractivity contribution < 1.29 is 0 Å². The molecule has 3 heteroatoms. The maximum Gasteiger partial charge on any atom is 0.0548 e. The van der Waals surface area contributed by atoms with Crippen LogP contribution in [0.2, 0.25) is 5.02 Å². The molecular weight excluding hydrogens is 298 g/mol. The quantitative estimate of drug-likeness (QED) is 0.540. The second-order valence-electron chi connectivity index (χ2n) is 4.21. The van der Waals surface area contributed by atoms with Crippen molar-refractivity contribution in [3.63, 3.8) is 0 Å². The Bertz CT molecular complexity index is 365. The van der Waals surface area contributed by atoms with E-state index in [2.05, 4.69) is 22.5 Å². The van der Waals surface area contributed by atoms with Gasteiger partial charge in [0.15, 0.2) is 0 Å². The molecule has 0 saturated carbocycles. The fourth-order valence-corrected chi connectivity index (χ4v) is 2.25. The van der Waals surface area contributed by atoms with E-state index in [-0.39, 0.29) is 6.04 Å². The Labute approximate surface area is 117 Å². The molecule has 0 spiro atoms. The third kappa shape index (κ3) is 5.24. The van der Waals surface area contributed by atoms with E-state index in [1.165, 1.54) is 12.8 Å². The van der Waals surface area contributed by atoms with Gasteiger partial charge in [-0.1, -0.05) is 36.6 Å². The van der Waals surface area contributed by atoms with Crippen LogP contribution in [0.5, 0.6) is 0 Å². The average molecular weight is 317 g/mol. The Morgan fingerprint density at radius 2 is 2.12 bits per heavy atom. The molecule has 0 aromatic heterocycles. The number of benzene rings is 1. The maximum atomic E-state index is 6.14. The zero-order valence-corrected chi connectivity index (χ0v) is 12.3. The lowest BCUT2D eigenvalue weighted by molar-refractivity contribution is 0.572. The molecule has 0 saturated heterocycles. The Morgan fingerprint density at radius 3 is 2.76 bits per heavy atom. The van der Waals surface area contributed by atoms with Gasteiger partial charge in [0.2, 0.25) is 0 Å². The van der Waals surface area contributed by atoms with Crippen LogP contribution in [0.25, 0.3) is 0 Å². The molecule has 1 aromatic rings. The highest BCUT2D eigenvalue weighted by atomic mass is 79.9. The van der Waals surface area contributed by atoms with E-state index in [0.717, 1.165) is 34.3 Å². The van der Waals surface area contributed by atoms with Crippen molar-refractivity contribution in [1.29, 1.82) is 0 Å². The summed E-state index contributed by atoms with van der Waals surface area (Å²) in [6, 6.07) is 6.00. The zero-order valence-electron chi connectivity index (χ0n) is 9.96. The van der Waals surface area contributed by atoms with Gasteiger partial charge in [0.1, 0.15) is 0 Å². The van der Waals surface area contributed by atoms with Crippen molar-refractivity contribution in [1.82, 2.24) is 0 Å². The summed E-state index contributed by atoms with van der Waals surface area (Å²) in [4.78, 5) is 0. The normalized spacial score (nSPS) is 12.4. The molecule has 94 valence electrons. The Morgan fingerprint density at radius 1 is 1.35 bits per heavy atom. The summed E-state index contributed by atoms with van der Waals surface area (Å²) in [5.74, 6) is 0. The summed E-state index contributed by atoms with van der Waals surface area (Å²) in [5, 5.41) is 0.729. The third-order valence-electron chi connectivity index (χ3n) is 2.80. The SMILES string of the molecule is C=CCCCCCC(N)c1ccc(Cl)c(Br)c1. The van der Waals surface area contributed by atoms with Gasteiger partial charge in [-0.3, -0.25) is 0 Å². The second kappa shape index (κ2) is 7.91. The van der Waals surface area contributed by atoms with E-state index in [4.69, 9.17) is 17.3 Å². The molecule has 0 aliphatic carbocycles. The van der Waals surface area contributed by atoms with Gasteiger partial charge in [0.05, 0.1) is 5.02 Å². The first-order chi connectivity index (χ1) is 8.15. The monoisotopic (exact) mass is 315 g/mol. The number of unbranched alkanes of at least 4 members (excludes halogenated alkanes) is 3. The number of hydrogen-bond donors (Lipinski definition) is 1. The van der Waals surface area contributed by atoms with Gasteiger partial charge in [-0.15, -0.1) is 6.58 Å². The molecule has 17 heavy (non-hydrogen) atoms. The number of halogens is 2. The topological polar surface area (TPSA) is 26.0 Å². The van der Waals surface area contributed by atoms with Crippen LogP contribution in [0.15, 0.2) is 35.3 Å². The maximum absolute atomic E-state index is 6.14. The van der Waals surface area contributed by atoms with E-state index < -0.39 is 0 Å². The first-order valence-corrected chi connectivity index (χ1v) is 7.13. The van der Waals surface area contributed by atoms with E-state index in [1.54, 1.807) is 0 Å². The van der Waals surface area contributed by atoms with Crippen LogP contribution < -0.4 is 5.73 Å². The number of rotatable bonds is 7. The molecule has 0 aliphatic rings. The van der Waals surface area contributed by atoms with Crippen molar-refractivity contribution in [2.75, 3.05) is 0 Å². The number of hydrogen-bond acceptors (Lipinski definition) is 1. The van der Waals surface area contributed by atoms with E-state index in [1.807, 2.05) is 24.3 Å². The van der Waals surface area contributed by atoms with Gasteiger partial charge < -0.3 is 5.73 Å². The predicted octanol–water partition coefficient (Wildman–Crippen LogP) is 5.24. The summed E-state index contributed by atoms with van der Waals surface area (Å²) in [5.41, 5.74) is 7.29. The lowest BCUT2D eigenvalue weighted by atomic mass is 10.0. The van der Waals surface area contributed by atoms with E-state index >= 15 is 0 Å². The van der Waals surface area contributed by atoms with Crippen LogP contribution in [-0.2, 0) is 0 Å². The minimum atomic E-state index is 0.104. The molecular formula is C14H19BrClN. The van der Waals surface area contributed by atoms with Crippen molar-refractivity contribution in [2.45, 2.75) is 38.1 Å². The molecule has 2 N–H and O–H groups in total. The molecule has 1 rings (SSSR count). The molecule has 0 aliphatic heterocycles. The highest BCUT2D eigenvalue weighted by molar-refractivity contribution is 9.10. The minimum absolute atomic E-state index is 0.104. The van der Waals surface area contributed by atoms with Gasteiger partial charge >= 0.3 is 0 Å². The van der Waals surface area contributed by atoms with Gasteiger partial charge in [0.25, 0.3) is 0 Å². The lowest BCUT2D eigenvalue weighted by Gasteiger charge is -2.12. The first kappa shape index (κ1) is 14.7. The van der Waals surface area contributed by atoms with Crippen molar-refractivity contribution in [3.05, 3.63) is 45.9 Å². The largest absolute Gasteiger partial charge is 0.324 e. The zero-order chi connectivity index (χ0) is 12.7. The van der Waals surface area contributed by atoms with Crippen molar-refractivity contribution in [3.8, 4) is 0 Å². The predicted molar refractivity (Wildman–Crippen MR) is 79.4 cm³/mol. The van der Waals surface area contributed by atoms with Crippen LogP contribution >= 0.6 is 27.5 Å². The summed E-state index contributed by atoms with van der Waals surface area (Å²) in [6.07, 6.45) is 7.67. The van der Waals surface area contributed by atoms with Crippen LogP contribution in [0.1, 0.15) is 43.7 Å². The van der Waals surface area contributed by atoms with Gasteiger partial charge in [-0.2, -0.15) is 0 Å². The standard InChI is InChI=1S/C14H19BrClN/c1-2-3-4-5-6-7-14(17)11-8-9-13(16)12(15)10-11/h2,8-10,14H,1,3-7,17H2. The molecule has 0 radical (unpaired) electrons. The molecule has 0 fully saturated rings. The third-order valence-corrected chi connectivity index (χ3v) is 4.01. The lowest BCUT2D eigenvalue weighted by Crippen LogP contribution is -2.10. The van der Waals surface area contributed by atoms with Gasteiger partial charge in [0, 0.05) is 10.5 Å². The highest BCUT2D eigenvalue weighted by Crippen LogP contribution is 2.27. The van der Waals surface area contributed by atoms with Crippen LogP contribution in [0.4, 0.5) is 0 Å². The van der Waals surface area contributed by atoms with E-state index in [0.29, 0.717) is 0 Å². The molecule has 0 heterocycles. The first-order valence-electron chi connectivity index (χ1n) is 5.96. The number of allylic oxidation sites excluding steroid dienone is 1. The van der Waals surface area contributed by atoms with Gasteiger partial charge in [-0.05, 0) is 52.9 Å². The Hall–Kier alpha value is -0.310. The second-order valence-corrected chi connectivity index (χ2v) is 5.47. The van der Waals surface area contributed by atoms with Crippen LogP contribution in [-0.4, -0.2) is 0 Å². The highest BCUT2D eigenvalue weighted by Gasteiger charge is 2.07. The smallest absolute Gasteiger partial charge is 0.0548 e. The molecule has 0 amide bonds. The fourth-order valence-electron chi connectivity index (χ4n) is 1.74. The summed E-state index contributed by atoms with van der Waals surface area (Å²) in [7, 11) is 0. The van der Waals surface area contributed by atoms with E-state index in [9.17, 15) is 0 Å². The van der Waals surface area contributed by atoms with Crippen LogP contribution in [0.3, 0.4) is 0 Å². The summed E-state index contributed by atoms with van der Waals surface area (Å²) in [6.45, 7) is 3.72. The summed E-state index contributed by atoms with van der Waals surface area (Å²) >= 11 is 9.37. The Balaban J connectivity index is 2.38. The van der Waals surface area contributed by atoms with Gasteiger partial charge in [-0.25, -0.2) is 0 Å². The molecule has 1 nitrogen and oxygen atoms in total. The fraction of sp³-hybridized carbons (Fsp3) is 0.429. The van der Waals surface area contributed by atoms with Crippen molar-refractivity contribution >= 4 is 27.5 Å². The number of nitrogens with two attached hydrogens (primary N) is 1. The minimum Gasteiger partial charge on any atom is -0.324 e.